The van der Waals surface area contributed by atoms with E-state index in [1.807, 2.05) is 0 Å². The first-order valence-electron chi connectivity index (χ1n) is 7.82. The van der Waals surface area contributed by atoms with Gasteiger partial charge in [0.15, 0.2) is 10.9 Å². The summed E-state index contributed by atoms with van der Waals surface area (Å²) < 4.78 is 17.8. The summed E-state index contributed by atoms with van der Waals surface area (Å²) in [4.78, 5) is 28.0. The van der Waals surface area contributed by atoms with E-state index in [4.69, 9.17) is 4.52 Å². The van der Waals surface area contributed by atoms with Gasteiger partial charge in [0.05, 0.1) is 17.2 Å². The van der Waals surface area contributed by atoms with Crippen LogP contribution in [0.15, 0.2) is 40.2 Å². The fourth-order valence-electron chi connectivity index (χ4n) is 2.08. The Kier molecular flexibility index (Phi) is 6.20. The summed E-state index contributed by atoms with van der Waals surface area (Å²) >= 11 is 2.45. The van der Waals surface area contributed by atoms with E-state index in [1.165, 1.54) is 35.2 Å². The molecule has 0 saturated carbocycles. The number of carbonyl (C=O) groups is 2. The van der Waals surface area contributed by atoms with Crippen molar-refractivity contribution in [2.45, 2.75) is 6.92 Å². The fraction of sp³-hybridized carbons (Fsp3) is 0.176. The van der Waals surface area contributed by atoms with Crippen LogP contribution in [0.2, 0.25) is 0 Å². The average molecular weight is 406 g/mol. The summed E-state index contributed by atoms with van der Waals surface area (Å²) in [5.41, 5.74) is 1.42. The van der Waals surface area contributed by atoms with E-state index in [1.54, 1.807) is 30.5 Å². The predicted molar refractivity (Wildman–Crippen MR) is 103 cm³/mol. The fourth-order valence-corrected chi connectivity index (χ4v) is 3.43. The second-order valence-corrected chi connectivity index (χ2v) is 7.30. The van der Waals surface area contributed by atoms with Gasteiger partial charge in [-0.25, -0.2) is 9.37 Å². The van der Waals surface area contributed by atoms with Gasteiger partial charge in [0.1, 0.15) is 11.6 Å². The molecule has 1 aromatic carbocycles. The van der Waals surface area contributed by atoms with E-state index in [0.29, 0.717) is 22.4 Å². The van der Waals surface area contributed by atoms with Crippen molar-refractivity contribution in [2.24, 2.45) is 0 Å². The Morgan fingerprint density at radius 2 is 1.89 bits per heavy atom. The van der Waals surface area contributed by atoms with E-state index in [0.717, 1.165) is 5.56 Å². The Morgan fingerprint density at radius 3 is 2.56 bits per heavy atom. The lowest BCUT2D eigenvalue weighted by molar-refractivity contribution is -0.114. The van der Waals surface area contributed by atoms with Gasteiger partial charge in [-0.15, -0.1) is 23.1 Å². The summed E-state index contributed by atoms with van der Waals surface area (Å²) in [6, 6.07) is 7.57. The first-order chi connectivity index (χ1) is 13.0. The van der Waals surface area contributed by atoms with Crippen LogP contribution >= 0.6 is 23.1 Å². The van der Waals surface area contributed by atoms with Gasteiger partial charge in [-0.3, -0.25) is 9.59 Å². The number of aryl methyl sites for hydroxylation is 1. The molecule has 2 heterocycles. The highest BCUT2D eigenvalue weighted by Crippen LogP contribution is 2.25. The average Bonchev–Trinajstić information content (AvgIpc) is 3.24. The van der Waals surface area contributed by atoms with E-state index in [-0.39, 0.29) is 29.1 Å². The van der Waals surface area contributed by atoms with Crippen LogP contribution in [0, 0.1) is 12.7 Å². The van der Waals surface area contributed by atoms with Crippen molar-refractivity contribution in [2.75, 3.05) is 22.1 Å². The smallest absolute Gasteiger partial charge is 0.236 e. The van der Waals surface area contributed by atoms with Crippen molar-refractivity contribution in [3.63, 3.8) is 0 Å². The lowest BCUT2D eigenvalue weighted by atomic mass is 10.2. The number of carbonyl (C=O) groups excluding carboxylic acids is 2. The lowest BCUT2D eigenvalue weighted by Crippen LogP contribution is -2.18. The van der Waals surface area contributed by atoms with Gasteiger partial charge in [0.2, 0.25) is 11.8 Å². The van der Waals surface area contributed by atoms with Crippen LogP contribution in [0.25, 0.3) is 11.3 Å². The van der Waals surface area contributed by atoms with Crippen molar-refractivity contribution >= 4 is 45.9 Å². The number of amides is 2. The molecule has 2 aromatic heterocycles. The summed E-state index contributed by atoms with van der Waals surface area (Å²) in [7, 11) is 0. The monoisotopic (exact) mass is 406 g/mol. The second kappa shape index (κ2) is 8.78. The van der Waals surface area contributed by atoms with Gasteiger partial charge in [-0.05, 0) is 31.2 Å². The predicted octanol–water partition coefficient (Wildman–Crippen LogP) is 3.56. The molecule has 0 unspecified atom stereocenters. The van der Waals surface area contributed by atoms with Gasteiger partial charge in [0, 0.05) is 17.0 Å². The van der Waals surface area contributed by atoms with Crippen LogP contribution in [0.5, 0.6) is 0 Å². The molecule has 10 heteroatoms. The topological polar surface area (TPSA) is 97.1 Å². The molecule has 140 valence electrons. The maximum atomic E-state index is 13.0. The highest BCUT2D eigenvalue weighted by Gasteiger charge is 2.11. The molecular weight excluding hydrogens is 391 g/mol. The van der Waals surface area contributed by atoms with Crippen molar-refractivity contribution in [1.82, 2.24) is 10.1 Å². The minimum Gasteiger partial charge on any atom is -0.360 e. The van der Waals surface area contributed by atoms with Crippen LogP contribution in [-0.2, 0) is 9.59 Å². The number of benzene rings is 1. The zero-order valence-corrected chi connectivity index (χ0v) is 15.8. The number of hydrogen-bond donors (Lipinski definition) is 2. The summed E-state index contributed by atoms with van der Waals surface area (Å²) in [6.07, 6.45) is 0. The maximum Gasteiger partial charge on any atom is 0.236 e. The maximum absolute atomic E-state index is 13.0. The van der Waals surface area contributed by atoms with Crippen LogP contribution < -0.4 is 10.6 Å². The zero-order valence-electron chi connectivity index (χ0n) is 14.2. The van der Waals surface area contributed by atoms with Crippen molar-refractivity contribution < 1.29 is 18.5 Å². The Balaban J connectivity index is 1.43. The number of aromatic nitrogens is 2. The third-order valence-corrected chi connectivity index (χ3v) is 4.94. The third kappa shape index (κ3) is 5.63. The van der Waals surface area contributed by atoms with Crippen LogP contribution in [-0.4, -0.2) is 33.5 Å². The van der Waals surface area contributed by atoms with Gasteiger partial charge >= 0.3 is 0 Å². The molecule has 0 saturated heterocycles. The summed E-state index contributed by atoms with van der Waals surface area (Å²) in [5, 5.41) is 11.2. The molecule has 0 spiro atoms. The van der Waals surface area contributed by atoms with Gasteiger partial charge in [0.25, 0.3) is 0 Å². The molecule has 0 aliphatic heterocycles. The standard InChI is InChI=1S/C17H15FN4O3S2/c1-10-6-14(22-25-10)20-15(23)8-26-9-16(24)21-17-19-13(7-27-17)11-2-4-12(18)5-3-11/h2-7H,8-9H2,1H3,(H,19,21,24)(H,20,22,23). The van der Waals surface area contributed by atoms with Gasteiger partial charge in [-0.2, -0.15) is 0 Å². The molecule has 0 aliphatic carbocycles. The first kappa shape index (κ1) is 19.1. The number of nitrogens with zero attached hydrogens (tertiary/aromatic N) is 2. The van der Waals surface area contributed by atoms with Crippen molar-refractivity contribution in [3.05, 3.63) is 47.3 Å². The third-order valence-electron chi connectivity index (χ3n) is 3.25. The van der Waals surface area contributed by atoms with Crippen molar-refractivity contribution in [1.29, 1.82) is 0 Å². The van der Waals surface area contributed by atoms with E-state index in [2.05, 4.69) is 20.8 Å². The van der Waals surface area contributed by atoms with Crippen molar-refractivity contribution in [3.8, 4) is 11.3 Å². The minimum absolute atomic E-state index is 0.108. The molecule has 0 atom stereocenters. The molecule has 3 rings (SSSR count). The molecule has 2 amide bonds. The molecule has 0 radical (unpaired) electrons. The molecule has 0 bridgehead atoms. The summed E-state index contributed by atoms with van der Waals surface area (Å²) in [6.45, 7) is 1.72. The van der Waals surface area contributed by atoms with E-state index >= 15 is 0 Å². The largest absolute Gasteiger partial charge is 0.360 e. The number of halogens is 1. The number of hydrogen-bond acceptors (Lipinski definition) is 7. The first-order valence-corrected chi connectivity index (χ1v) is 9.85. The lowest BCUT2D eigenvalue weighted by Gasteiger charge is -2.02. The molecular formula is C17H15FN4O3S2. The highest BCUT2D eigenvalue weighted by atomic mass is 32.2. The SMILES string of the molecule is Cc1cc(NC(=O)CSCC(=O)Nc2nc(-c3ccc(F)cc3)cs2)no1. The second-order valence-electron chi connectivity index (χ2n) is 5.46. The molecule has 3 aromatic rings. The van der Waals surface area contributed by atoms with Crippen LogP contribution in [0.3, 0.4) is 0 Å². The summed E-state index contributed by atoms with van der Waals surface area (Å²) in [5.74, 6) is 0.315. The van der Waals surface area contributed by atoms with Gasteiger partial charge < -0.3 is 15.2 Å². The Bertz CT molecular complexity index is 940. The van der Waals surface area contributed by atoms with Gasteiger partial charge in [-0.1, -0.05) is 5.16 Å². The quantitative estimate of drug-likeness (QED) is 0.623. The zero-order chi connectivity index (χ0) is 19.2. The highest BCUT2D eigenvalue weighted by molar-refractivity contribution is 8.00. The number of thiazole rings is 1. The number of anilines is 2. The molecule has 0 aliphatic rings. The normalized spacial score (nSPS) is 10.6. The Labute approximate surface area is 162 Å². The van der Waals surface area contributed by atoms with E-state index in [9.17, 15) is 14.0 Å². The Morgan fingerprint density at radius 1 is 1.19 bits per heavy atom. The van der Waals surface area contributed by atoms with E-state index < -0.39 is 0 Å². The Hall–Kier alpha value is -2.72. The number of thioether (sulfide) groups is 1. The number of nitrogens with one attached hydrogen (secondary N) is 2. The van der Waals surface area contributed by atoms with Crippen LogP contribution in [0.4, 0.5) is 15.3 Å². The van der Waals surface area contributed by atoms with Crippen LogP contribution in [0.1, 0.15) is 5.76 Å². The molecule has 7 nitrogen and oxygen atoms in total. The molecule has 0 fully saturated rings. The minimum atomic E-state index is -0.317. The molecule has 2 N–H and O–H groups in total. The number of rotatable bonds is 7. The molecule has 27 heavy (non-hydrogen) atoms.